The minimum absolute atomic E-state index is 0.216. The predicted molar refractivity (Wildman–Crippen MR) is 72.4 cm³/mol. The van der Waals surface area contributed by atoms with Crippen molar-refractivity contribution in [3.05, 3.63) is 58.7 Å². The highest BCUT2D eigenvalue weighted by Gasteiger charge is 2.31. The molecule has 0 unspecified atom stereocenters. The van der Waals surface area contributed by atoms with E-state index in [1.54, 1.807) is 12.1 Å². The second kappa shape index (κ2) is 5.38. The number of hydrogen-bond acceptors (Lipinski definition) is 4. The second-order valence-electron chi connectivity index (χ2n) is 4.51. The Balaban J connectivity index is 2.07. The largest absolute Gasteiger partial charge is 0.573 e. The van der Waals surface area contributed by atoms with E-state index in [-0.39, 0.29) is 22.4 Å². The number of para-hydroxylation sites is 1. The summed E-state index contributed by atoms with van der Waals surface area (Å²) in [6.45, 7) is 0. The van der Waals surface area contributed by atoms with Crippen LogP contribution in [0.2, 0.25) is 0 Å². The summed E-state index contributed by atoms with van der Waals surface area (Å²) in [5.41, 5.74) is -0.684. The van der Waals surface area contributed by atoms with Crippen molar-refractivity contribution >= 4 is 10.9 Å². The van der Waals surface area contributed by atoms with Crippen LogP contribution < -0.4 is 10.4 Å². The molecule has 0 aliphatic carbocycles. The molecule has 0 aliphatic rings. The maximum atomic E-state index is 14.0. The Labute approximate surface area is 125 Å². The Bertz CT molecular complexity index is 934. The van der Waals surface area contributed by atoms with E-state index in [2.05, 4.69) is 9.72 Å². The average Bonchev–Trinajstić information content (AvgIpc) is 2.45. The minimum Gasteiger partial charge on any atom is -0.406 e. The van der Waals surface area contributed by atoms with Gasteiger partial charge in [0.25, 0.3) is 0 Å². The zero-order valence-corrected chi connectivity index (χ0v) is 11.2. The summed E-state index contributed by atoms with van der Waals surface area (Å²) in [7, 11) is 0. The van der Waals surface area contributed by atoms with Crippen LogP contribution in [0.3, 0.4) is 0 Å². The third-order valence-corrected chi connectivity index (χ3v) is 2.94. The number of rotatable bonds is 2. The molecule has 0 atom stereocenters. The van der Waals surface area contributed by atoms with Gasteiger partial charge in [0.15, 0.2) is 0 Å². The van der Waals surface area contributed by atoms with Crippen molar-refractivity contribution in [2.75, 3.05) is 0 Å². The van der Waals surface area contributed by atoms with Gasteiger partial charge in [-0.15, -0.1) is 13.2 Å². The highest BCUT2D eigenvalue weighted by Crippen LogP contribution is 2.28. The van der Waals surface area contributed by atoms with E-state index in [4.69, 9.17) is 4.42 Å². The number of aromatic nitrogens is 1. The molecule has 0 N–H and O–H groups in total. The number of ether oxygens (including phenoxy) is 1. The Morgan fingerprint density at radius 3 is 2.52 bits per heavy atom. The predicted octanol–water partition coefficient (Wildman–Crippen LogP) is 3.89. The second-order valence-corrected chi connectivity index (χ2v) is 4.51. The van der Waals surface area contributed by atoms with E-state index in [1.807, 2.05) is 0 Å². The summed E-state index contributed by atoms with van der Waals surface area (Å²) >= 11 is 0. The van der Waals surface area contributed by atoms with E-state index in [0.29, 0.717) is 6.07 Å². The van der Waals surface area contributed by atoms with Gasteiger partial charge in [0.2, 0.25) is 5.89 Å². The summed E-state index contributed by atoms with van der Waals surface area (Å²) in [4.78, 5) is 15.8. The normalized spacial score (nSPS) is 11.7. The number of fused-ring (bicyclic) bond motifs is 1. The Kier molecular flexibility index (Phi) is 3.51. The third-order valence-electron chi connectivity index (χ3n) is 2.94. The number of alkyl halides is 3. The molecule has 0 bridgehead atoms. The summed E-state index contributed by atoms with van der Waals surface area (Å²) in [5, 5.41) is 0.216. The number of halogens is 4. The summed E-state index contributed by atoms with van der Waals surface area (Å²) < 4.78 is 58.9. The quantitative estimate of drug-likeness (QED) is 0.671. The molecule has 3 rings (SSSR count). The van der Waals surface area contributed by atoms with Gasteiger partial charge in [-0.05, 0) is 24.3 Å². The maximum absolute atomic E-state index is 14.0. The van der Waals surface area contributed by atoms with Gasteiger partial charge >= 0.3 is 12.0 Å². The molecule has 4 nitrogen and oxygen atoms in total. The van der Waals surface area contributed by atoms with Crippen molar-refractivity contribution in [1.29, 1.82) is 0 Å². The number of hydrogen-bond donors (Lipinski definition) is 0. The molecule has 3 aromatic rings. The van der Waals surface area contributed by atoms with Gasteiger partial charge in [-0.2, -0.15) is 0 Å². The van der Waals surface area contributed by atoms with Crippen molar-refractivity contribution < 1.29 is 26.7 Å². The maximum Gasteiger partial charge on any atom is 0.573 e. The van der Waals surface area contributed by atoms with Crippen LogP contribution in [-0.2, 0) is 0 Å². The fourth-order valence-corrected chi connectivity index (χ4v) is 2.00. The van der Waals surface area contributed by atoms with Crippen LogP contribution in [0.5, 0.6) is 5.75 Å². The highest BCUT2D eigenvalue weighted by molar-refractivity contribution is 5.78. The first-order chi connectivity index (χ1) is 10.8. The fourth-order valence-electron chi connectivity index (χ4n) is 2.00. The first-order valence-electron chi connectivity index (χ1n) is 6.29. The lowest BCUT2D eigenvalue weighted by atomic mass is 10.2. The molecule has 8 heteroatoms. The molecular weight excluding hydrogens is 318 g/mol. The van der Waals surface area contributed by atoms with E-state index in [1.165, 1.54) is 12.1 Å². The van der Waals surface area contributed by atoms with Gasteiger partial charge in [0.05, 0.1) is 16.5 Å². The lowest BCUT2D eigenvalue weighted by Crippen LogP contribution is -2.17. The Morgan fingerprint density at radius 2 is 1.83 bits per heavy atom. The van der Waals surface area contributed by atoms with E-state index in [0.717, 1.165) is 12.1 Å². The molecule has 118 valence electrons. The fraction of sp³-hybridized carbons (Fsp3) is 0.0667. The van der Waals surface area contributed by atoms with Crippen molar-refractivity contribution in [3.8, 4) is 17.2 Å². The summed E-state index contributed by atoms with van der Waals surface area (Å²) in [6.07, 6.45) is -4.93. The van der Waals surface area contributed by atoms with Crippen molar-refractivity contribution in [2.45, 2.75) is 6.36 Å². The highest BCUT2D eigenvalue weighted by atomic mass is 19.4. The lowest BCUT2D eigenvalue weighted by molar-refractivity contribution is -0.274. The van der Waals surface area contributed by atoms with Crippen LogP contribution in [0.15, 0.2) is 51.7 Å². The molecule has 23 heavy (non-hydrogen) atoms. The molecule has 0 amide bonds. The van der Waals surface area contributed by atoms with Gasteiger partial charge in [-0.1, -0.05) is 12.1 Å². The van der Waals surface area contributed by atoms with Gasteiger partial charge < -0.3 is 9.15 Å². The topological polar surface area (TPSA) is 52.3 Å². The molecule has 1 aromatic heterocycles. The van der Waals surface area contributed by atoms with Crippen molar-refractivity contribution in [2.24, 2.45) is 0 Å². The molecule has 0 spiro atoms. The molecular formula is C15H7F4NO3. The van der Waals surface area contributed by atoms with Gasteiger partial charge in [-0.3, -0.25) is 0 Å². The summed E-state index contributed by atoms with van der Waals surface area (Å²) in [5.74, 6) is -2.11. The monoisotopic (exact) mass is 325 g/mol. The zero-order valence-electron chi connectivity index (χ0n) is 11.2. The van der Waals surface area contributed by atoms with E-state index < -0.39 is 23.6 Å². The lowest BCUT2D eigenvalue weighted by Gasteiger charge is -2.09. The first kappa shape index (κ1) is 15.0. The van der Waals surface area contributed by atoms with E-state index >= 15 is 0 Å². The summed E-state index contributed by atoms with van der Waals surface area (Å²) in [6, 6.07) is 8.72. The smallest absolute Gasteiger partial charge is 0.406 e. The molecule has 0 saturated carbocycles. The van der Waals surface area contributed by atoms with Gasteiger partial charge in [0.1, 0.15) is 11.6 Å². The number of benzene rings is 2. The molecule has 0 aliphatic heterocycles. The SMILES string of the molecule is O=c1oc(-c2ccc(OC(F)(F)F)cc2F)nc2ccccc12. The Morgan fingerprint density at radius 1 is 1.09 bits per heavy atom. The average molecular weight is 325 g/mol. The zero-order chi connectivity index (χ0) is 16.6. The first-order valence-corrected chi connectivity index (χ1v) is 6.29. The van der Waals surface area contributed by atoms with Crippen molar-refractivity contribution in [1.82, 2.24) is 4.98 Å². The van der Waals surface area contributed by atoms with Crippen LogP contribution in [0.4, 0.5) is 17.6 Å². The van der Waals surface area contributed by atoms with Crippen LogP contribution in [-0.4, -0.2) is 11.3 Å². The Hall–Kier alpha value is -2.90. The van der Waals surface area contributed by atoms with Gasteiger partial charge in [0, 0.05) is 6.07 Å². The third kappa shape index (κ3) is 3.15. The standard InChI is InChI=1S/C15H7F4NO3/c16-11-7-8(23-15(17,18)19)5-6-9(11)13-20-12-4-2-1-3-10(12)14(21)22-13/h1-7H. The van der Waals surface area contributed by atoms with Crippen LogP contribution in [0.25, 0.3) is 22.4 Å². The molecule has 0 saturated heterocycles. The van der Waals surface area contributed by atoms with E-state index in [9.17, 15) is 22.4 Å². The van der Waals surface area contributed by atoms with Crippen LogP contribution in [0, 0.1) is 5.82 Å². The van der Waals surface area contributed by atoms with Gasteiger partial charge in [-0.25, -0.2) is 14.2 Å². The van der Waals surface area contributed by atoms with Crippen molar-refractivity contribution in [3.63, 3.8) is 0 Å². The van der Waals surface area contributed by atoms with Crippen LogP contribution in [0.1, 0.15) is 0 Å². The molecule has 0 radical (unpaired) electrons. The molecule has 2 aromatic carbocycles. The minimum atomic E-state index is -4.93. The molecule has 1 heterocycles. The molecule has 0 fully saturated rings. The van der Waals surface area contributed by atoms with Crippen LogP contribution >= 0.6 is 0 Å². The number of nitrogens with zero attached hydrogens (tertiary/aromatic N) is 1.